The molecule has 0 saturated carbocycles. The van der Waals surface area contributed by atoms with Gasteiger partial charge in [-0.05, 0) is 40.7 Å². The molecule has 2 nitrogen and oxygen atoms in total. The minimum Gasteiger partial charge on any atom is -0.398 e. The van der Waals surface area contributed by atoms with E-state index in [0.717, 1.165) is 29.0 Å². The Hall–Kier alpha value is -2.87. The van der Waals surface area contributed by atoms with Gasteiger partial charge in [0.15, 0.2) is 0 Å². The average molecular weight is 328 g/mol. The van der Waals surface area contributed by atoms with Crippen molar-refractivity contribution < 1.29 is 0 Å². The van der Waals surface area contributed by atoms with Gasteiger partial charge < -0.3 is 5.73 Å². The van der Waals surface area contributed by atoms with Crippen LogP contribution in [0.25, 0.3) is 11.1 Å². The number of benzene rings is 2. The van der Waals surface area contributed by atoms with Crippen molar-refractivity contribution in [1.29, 1.82) is 0 Å². The Bertz CT molecular complexity index is 837. The van der Waals surface area contributed by atoms with E-state index in [1.807, 2.05) is 12.1 Å². The van der Waals surface area contributed by atoms with Crippen LogP contribution in [0.5, 0.6) is 0 Å². The fourth-order valence-corrected chi connectivity index (χ4v) is 2.91. The normalized spacial score (nSPS) is 18.2. The Kier molecular flexibility index (Phi) is 5.30. The second-order valence-electron chi connectivity index (χ2n) is 6.38. The topological polar surface area (TPSA) is 38.4 Å². The first-order valence-electron chi connectivity index (χ1n) is 8.66. The molecule has 2 aromatic rings. The Morgan fingerprint density at radius 2 is 1.72 bits per heavy atom. The zero-order chi connectivity index (χ0) is 17.6. The Balaban J connectivity index is 1.82. The van der Waals surface area contributed by atoms with Gasteiger partial charge in [-0.25, -0.2) is 0 Å². The van der Waals surface area contributed by atoms with E-state index in [1.165, 1.54) is 11.1 Å². The van der Waals surface area contributed by atoms with E-state index in [2.05, 4.69) is 78.7 Å². The predicted molar refractivity (Wildman–Crippen MR) is 108 cm³/mol. The summed E-state index contributed by atoms with van der Waals surface area (Å²) in [4.78, 5) is 4.42. The van der Waals surface area contributed by atoms with Crippen molar-refractivity contribution in [3.8, 4) is 11.1 Å². The first kappa shape index (κ1) is 17.0. The number of nitrogens with two attached hydrogens (primary N) is 1. The minimum atomic E-state index is 0.585. The number of hydrogen-bond donors (Lipinski definition) is 1. The molecular formula is C23H24N2. The van der Waals surface area contributed by atoms with Gasteiger partial charge in [0.1, 0.15) is 0 Å². The van der Waals surface area contributed by atoms with Crippen LogP contribution >= 0.6 is 0 Å². The summed E-state index contributed by atoms with van der Waals surface area (Å²) in [6, 6.07) is 18.8. The Labute approximate surface area is 150 Å². The lowest BCUT2D eigenvalue weighted by Gasteiger charge is -2.12. The van der Waals surface area contributed by atoms with E-state index in [1.54, 1.807) is 7.05 Å². The van der Waals surface area contributed by atoms with Crippen molar-refractivity contribution in [2.75, 3.05) is 7.05 Å². The summed E-state index contributed by atoms with van der Waals surface area (Å²) in [5.74, 6) is 0.585. The van der Waals surface area contributed by atoms with Gasteiger partial charge in [-0.2, -0.15) is 0 Å². The van der Waals surface area contributed by atoms with E-state index >= 15 is 0 Å². The highest BCUT2D eigenvalue weighted by atomic mass is 14.7. The molecule has 2 aromatic carbocycles. The van der Waals surface area contributed by atoms with E-state index in [4.69, 9.17) is 5.73 Å². The van der Waals surface area contributed by atoms with Crippen LogP contribution in [0.4, 0.5) is 0 Å². The average Bonchev–Trinajstić information content (AvgIpc) is 2.67. The lowest BCUT2D eigenvalue weighted by Crippen LogP contribution is -2.08. The van der Waals surface area contributed by atoms with Crippen molar-refractivity contribution in [2.45, 2.75) is 13.3 Å². The molecule has 0 spiro atoms. The molecule has 126 valence electrons. The molecule has 0 aromatic heterocycles. The maximum absolute atomic E-state index is 6.29. The number of allylic oxidation sites excluding steroid dienone is 4. The van der Waals surface area contributed by atoms with Gasteiger partial charge >= 0.3 is 0 Å². The smallest absolute Gasteiger partial charge is 0.0663 e. The van der Waals surface area contributed by atoms with Crippen LogP contribution in [0, 0.1) is 5.92 Å². The molecule has 0 saturated heterocycles. The zero-order valence-electron chi connectivity index (χ0n) is 14.8. The SMILES string of the molecule is CN=C(/C=C(\N)C1=CCC(C)C=C1)c1ccc(-c2ccccc2)cc1. The van der Waals surface area contributed by atoms with Gasteiger partial charge in [0.05, 0.1) is 5.71 Å². The first-order chi connectivity index (χ1) is 12.2. The second kappa shape index (κ2) is 7.80. The summed E-state index contributed by atoms with van der Waals surface area (Å²) in [6.07, 6.45) is 9.50. The molecule has 2 N–H and O–H groups in total. The minimum absolute atomic E-state index is 0.585. The van der Waals surface area contributed by atoms with Crippen molar-refractivity contribution in [3.63, 3.8) is 0 Å². The molecule has 0 fully saturated rings. The zero-order valence-corrected chi connectivity index (χ0v) is 14.8. The highest BCUT2D eigenvalue weighted by Gasteiger charge is 2.08. The third-order valence-electron chi connectivity index (χ3n) is 4.47. The Morgan fingerprint density at radius 3 is 2.32 bits per heavy atom. The summed E-state index contributed by atoms with van der Waals surface area (Å²) in [5, 5.41) is 0. The maximum Gasteiger partial charge on any atom is 0.0663 e. The van der Waals surface area contributed by atoms with Crippen LogP contribution in [0.15, 0.2) is 95.2 Å². The lowest BCUT2D eigenvalue weighted by atomic mass is 9.96. The summed E-state index contributed by atoms with van der Waals surface area (Å²) < 4.78 is 0. The fourth-order valence-electron chi connectivity index (χ4n) is 2.91. The molecule has 3 rings (SSSR count). The molecule has 0 amide bonds. The third kappa shape index (κ3) is 4.16. The maximum atomic E-state index is 6.29. The van der Waals surface area contributed by atoms with Gasteiger partial charge in [0.25, 0.3) is 0 Å². The van der Waals surface area contributed by atoms with Crippen molar-refractivity contribution in [3.05, 3.63) is 95.7 Å². The van der Waals surface area contributed by atoms with E-state index in [9.17, 15) is 0 Å². The monoisotopic (exact) mass is 328 g/mol. The van der Waals surface area contributed by atoms with E-state index in [-0.39, 0.29) is 0 Å². The quantitative estimate of drug-likeness (QED) is 0.776. The van der Waals surface area contributed by atoms with E-state index in [0.29, 0.717) is 5.92 Å². The number of aliphatic imine (C=N–C) groups is 1. The molecule has 1 unspecified atom stereocenters. The van der Waals surface area contributed by atoms with Crippen LogP contribution < -0.4 is 5.73 Å². The summed E-state index contributed by atoms with van der Waals surface area (Å²) in [5.41, 5.74) is 12.5. The molecule has 2 heteroatoms. The molecular weight excluding hydrogens is 304 g/mol. The van der Waals surface area contributed by atoms with Gasteiger partial charge in [-0.3, -0.25) is 4.99 Å². The number of nitrogens with zero attached hydrogens (tertiary/aromatic N) is 1. The molecule has 1 aliphatic carbocycles. The largest absolute Gasteiger partial charge is 0.398 e. The summed E-state index contributed by atoms with van der Waals surface area (Å²) in [7, 11) is 1.80. The van der Waals surface area contributed by atoms with Gasteiger partial charge in [-0.15, -0.1) is 0 Å². The molecule has 25 heavy (non-hydrogen) atoms. The highest BCUT2D eigenvalue weighted by Crippen LogP contribution is 2.21. The second-order valence-corrected chi connectivity index (χ2v) is 6.38. The van der Waals surface area contributed by atoms with Crippen molar-refractivity contribution in [1.82, 2.24) is 0 Å². The van der Waals surface area contributed by atoms with Gasteiger partial charge in [-0.1, -0.05) is 79.7 Å². The molecule has 0 bridgehead atoms. The van der Waals surface area contributed by atoms with E-state index < -0.39 is 0 Å². The lowest BCUT2D eigenvalue weighted by molar-refractivity contribution is 0.731. The molecule has 0 radical (unpaired) electrons. The van der Waals surface area contributed by atoms with Crippen LogP contribution in [-0.4, -0.2) is 12.8 Å². The predicted octanol–water partition coefficient (Wildman–Crippen LogP) is 5.14. The van der Waals surface area contributed by atoms with Crippen LogP contribution in [0.3, 0.4) is 0 Å². The van der Waals surface area contributed by atoms with Crippen LogP contribution in [-0.2, 0) is 0 Å². The molecule has 1 aliphatic rings. The van der Waals surface area contributed by atoms with Crippen LogP contribution in [0.1, 0.15) is 18.9 Å². The first-order valence-corrected chi connectivity index (χ1v) is 8.66. The third-order valence-corrected chi connectivity index (χ3v) is 4.47. The molecule has 0 heterocycles. The Morgan fingerprint density at radius 1 is 1.04 bits per heavy atom. The van der Waals surface area contributed by atoms with Crippen LogP contribution in [0.2, 0.25) is 0 Å². The van der Waals surface area contributed by atoms with Crippen molar-refractivity contribution >= 4 is 5.71 Å². The number of rotatable bonds is 4. The van der Waals surface area contributed by atoms with Crippen molar-refractivity contribution in [2.24, 2.45) is 16.6 Å². The highest BCUT2D eigenvalue weighted by molar-refractivity contribution is 6.09. The summed E-state index contributed by atoms with van der Waals surface area (Å²) >= 11 is 0. The molecule has 1 atom stereocenters. The summed E-state index contributed by atoms with van der Waals surface area (Å²) in [6.45, 7) is 2.21. The standard InChI is InChI=1S/C23H24N2/c1-17-8-10-20(11-9-17)22(24)16-23(25-2)21-14-12-19(13-15-21)18-6-4-3-5-7-18/h3-8,10-17H,9,24H2,1-2H3/b22-16-,25-23?. The van der Waals surface area contributed by atoms with Gasteiger partial charge in [0, 0.05) is 12.7 Å². The fraction of sp³-hybridized carbons (Fsp3) is 0.174. The van der Waals surface area contributed by atoms with Gasteiger partial charge in [0.2, 0.25) is 0 Å². The number of hydrogen-bond acceptors (Lipinski definition) is 2. The molecule has 0 aliphatic heterocycles.